The van der Waals surface area contributed by atoms with Gasteiger partial charge in [0.25, 0.3) is 10.1 Å². The Morgan fingerprint density at radius 2 is 1.89 bits per heavy atom. The highest BCUT2D eigenvalue weighted by Gasteiger charge is 2.26. The van der Waals surface area contributed by atoms with Crippen LogP contribution in [0.5, 0.6) is 0 Å². The van der Waals surface area contributed by atoms with Crippen LogP contribution in [0.15, 0.2) is 0 Å². The zero-order chi connectivity index (χ0) is 7.65. The number of carbonyl (C=O) groups is 1. The molecule has 0 aliphatic rings. The minimum atomic E-state index is -4.73. The Balaban J connectivity index is 4.43. The van der Waals surface area contributed by atoms with Crippen LogP contribution in [0.3, 0.4) is 0 Å². The van der Waals surface area contributed by atoms with Crippen molar-refractivity contribution in [2.45, 2.75) is 5.37 Å². The summed E-state index contributed by atoms with van der Waals surface area (Å²) in [6.07, 6.45) is 0. The third-order valence-corrected chi connectivity index (χ3v) is 1.32. The Labute approximate surface area is 51.0 Å². The van der Waals surface area contributed by atoms with E-state index in [-0.39, 0.29) is 0 Å². The van der Waals surface area contributed by atoms with Crippen molar-refractivity contribution in [1.82, 2.24) is 5.73 Å². The first-order valence-electron chi connectivity index (χ1n) is 1.76. The molecule has 7 heteroatoms. The topological polar surface area (TPSA) is 115 Å². The van der Waals surface area contributed by atoms with Gasteiger partial charge < -0.3 is 5.11 Å². The van der Waals surface area contributed by atoms with Crippen LogP contribution in [-0.4, -0.2) is 29.4 Å². The number of carboxylic acid groups (broad SMARTS) is 1. The molecule has 0 saturated carbocycles. The van der Waals surface area contributed by atoms with E-state index in [1.54, 1.807) is 0 Å². The largest absolute Gasteiger partial charge is 0.479 e. The van der Waals surface area contributed by atoms with Crippen molar-refractivity contribution in [1.29, 1.82) is 0 Å². The molecule has 0 aromatic heterocycles. The van der Waals surface area contributed by atoms with Crippen LogP contribution in [0.1, 0.15) is 0 Å². The maximum absolute atomic E-state index is 9.76. The molecular weight excluding hydrogens is 150 g/mol. The molecule has 3 N–H and O–H groups in total. The standard InChI is InChI=1S/C2H4NO5S/c3-1(2(4)5)9(6,7)8/h1,3H,(H,4,5)(H,6,7,8). The maximum atomic E-state index is 9.76. The van der Waals surface area contributed by atoms with Crippen LogP contribution in [0, 0.1) is 0 Å². The molecule has 1 radical (unpaired) electrons. The van der Waals surface area contributed by atoms with Crippen molar-refractivity contribution < 1.29 is 22.9 Å². The van der Waals surface area contributed by atoms with Gasteiger partial charge in [0.15, 0.2) is 0 Å². The number of nitrogens with one attached hydrogen (secondary N) is 1. The fraction of sp³-hybridized carbons (Fsp3) is 0.500. The van der Waals surface area contributed by atoms with Gasteiger partial charge in [0.05, 0.1) is 0 Å². The van der Waals surface area contributed by atoms with Gasteiger partial charge in [0.2, 0.25) is 5.37 Å². The van der Waals surface area contributed by atoms with Crippen molar-refractivity contribution in [3.05, 3.63) is 0 Å². The van der Waals surface area contributed by atoms with Crippen LogP contribution in [-0.2, 0) is 14.9 Å². The molecule has 0 aliphatic carbocycles. The molecular formula is C2H4NO5S. The minimum Gasteiger partial charge on any atom is -0.479 e. The molecule has 0 spiro atoms. The van der Waals surface area contributed by atoms with Crippen molar-refractivity contribution >= 4 is 16.1 Å². The van der Waals surface area contributed by atoms with Crippen LogP contribution in [0.2, 0.25) is 0 Å². The Kier molecular flexibility index (Phi) is 2.13. The van der Waals surface area contributed by atoms with Gasteiger partial charge in [-0.25, -0.2) is 10.5 Å². The summed E-state index contributed by atoms with van der Waals surface area (Å²) in [4.78, 5) is 9.62. The van der Waals surface area contributed by atoms with Crippen molar-refractivity contribution in [2.75, 3.05) is 0 Å². The predicted octanol–water partition coefficient (Wildman–Crippen LogP) is -1.43. The number of aliphatic carboxylic acids is 1. The molecule has 1 unspecified atom stereocenters. The molecule has 0 heterocycles. The maximum Gasteiger partial charge on any atom is 0.340 e. The summed E-state index contributed by atoms with van der Waals surface area (Å²) in [6, 6.07) is 0. The third kappa shape index (κ3) is 2.40. The molecule has 0 aromatic carbocycles. The summed E-state index contributed by atoms with van der Waals surface area (Å²) in [6.45, 7) is 0. The van der Waals surface area contributed by atoms with Crippen LogP contribution in [0.25, 0.3) is 0 Å². The van der Waals surface area contributed by atoms with E-state index in [1.165, 1.54) is 0 Å². The van der Waals surface area contributed by atoms with Gasteiger partial charge in [0, 0.05) is 0 Å². The first kappa shape index (κ1) is 8.34. The van der Waals surface area contributed by atoms with Gasteiger partial charge >= 0.3 is 5.97 Å². The normalized spacial score (nSPS) is 14.9. The smallest absolute Gasteiger partial charge is 0.340 e. The Bertz CT molecular complexity index is 205. The molecule has 0 amide bonds. The lowest BCUT2D eigenvalue weighted by Gasteiger charge is -1.97. The van der Waals surface area contributed by atoms with Gasteiger partial charge in [-0.3, -0.25) is 4.55 Å². The summed E-state index contributed by atoms with van der Waals surface area (Å²) in [5.74, 6) is -1.89. The molecule has 0 saturated heterocycles. The Morgan fingerprint density at radius 3 is 1.89 bits per heavy atom. The fourth-order valence-electron chi connectivity index (χ4n) is 0.127. The second-order valence-electron chi connectivity index (χ2n) is 1.23. The first-order chi connectivity index (χ1) is 3.85. The summed E-state index contributed by atoms with van der Waals surface area (Å²) >= 11 is 0. The van der Waals surface area contributed by atoms with E-state index >= 15 is 0 Å². The molecule has 0 rings (SSSR count). The predicted molar refractivity (Wildman–Crippen MR) is 26.1 cm³/mol. The van der Waals surface area contributed by atoms with Crippen LogP contribution >= 0.6 is 0 Å². The molecule has 53 valence electrons. The number of hydrogen-bond donors (Lipinski definition) is 2. The average molecular weight is 154 g/mol. The average Bonchev–Trinajstić information content (AvgIpc) is 1.62. The van der Waals surface area contributed by atoms with E-state index in [0.717, 1.165) is 0 Å². The monoisotopic (exact) mass is 154 g/mol. The SMILES string of the molecule is [NH]C(C(=O)O)S(=O)(=O)O. The van der Waals surface area contributed by atoms with Crippen molar-refractivity contribution in [3.8, 4) is 0 Å². The first-order valence-corrected chi connectivity index (χ1v) is 3.26. The molecule has 0 bridgehead atoms. The zero-order valence-electron chi connectivity index (χ0n) is 4.10. The highest BCUT2D eigenvalue weighted by molar-refractivity contribution is 7.87. The van der Waals surface area contributed by atoms with E-state index in [9.17, 15) is 13.2 Å². The quantitative estimate of drug-likeness (QED) is 0.473. The van der Waals surface area contributed by atoms with E-state index in [0.29, 0.717) is 0 Å². The molecule has 1 atom stereocenters. The molecule has 0 fully saturated rings. The Hall–Kier alpha value is -0.660. The third-order valence-electron chi connectivity index (χ3n) is 0.522. The minimum absolute atomic E-state index is 1.89. The number of carboxylic acids is 1. The van der Waals surface area contributed by atoms with E-state index in [1.807, 2.05) is 0 Å². The summed E-state index contributed by atoms with van der Waals surface area (Å²) in [7, 11) is -4.73. The second-order valence-corrected chi connectivity index (χ2v) is 2.73. The van der Waals surface area contributed by atoms with Gasteiger partial charge in [-0.1, -0.05) is 0 Å². The lowest BCUT2D eigenvalue weighted by molar-refractivity contribution is -0.136. The fourth-order valence-corrected chi connectivity index (χ4v) is 0.382. The molecule has 0 aliphatic heterocycles. The number of rotatable bonds is 2. The van der Waals surface area contributed by atoms with Gasteiger partial charge in [0.1, 0.15) is 0 Å². The summed E-state index contributed by atoms with van der Waals surface area (Å²) in [5, 5.41) is 5.30. The summed E-state index contributed by atoms with van der Waals surface area (Å²) in [5.41, 5.74) is 6.24. The van der Waals surface area contributed by atoms with Crippen LogP contribution < -0.4 is 5.73 Å². The molecule has 6 nitrogen and oxygen atoms in total. The van der Waals surface area contributed by atoms with Gasteiger partial charge in [-0.15, -0.1) is 0 Å². The zero-order valence-corrected chi connectivity index (χ0v) is 4.92. The van der Waals surface area contributed by atoms with Crippen molar-refractivity contribution in [3.63, 3.8) is 0 Å². The highest BCUT2D eigenvalue weighted by Crippen LogP contribution is 1.90. The molecule has 9 heavy (non-hydrogen) atoms. The van der Waals surface area contributed by atoms with E-state index < -0.39 is 21.5 Å². The van der Waals surface area contributed by atoms with E-state index in [2.05, 4.69) is 0 Å². The van der Waals surface area contributed by atoms with Gasteiger partial charge in [-0.2, -0.15) is 8.42 Å². The second kappa shape index (κ2) is 2.29. The lowest BCUT2D eigenvalue weighted by Crippen LogP contribution is -2.30. The van der Waals surface area contributed by atoms with Crippen molar-refractivity contribution in [2.24, 2.45) is 0 Å². The van der Waals surface area contributed by atoms with Crippen LogP contribution in [0.4, 0.5) is 0 Å². The van der Waals surface area contributed by atoms with Gasteiger partial charge in [-0.05, 0) is 0 Å². The number of hydrogen-bond acceptors (Lipinski definition) is 3. The molecule has 0 aromatic rings. The highest BCUT2D eigenvalue weighted by atomic mass is 32.2. The lowest BCUT2D eigenvalue weighted by atomic mass is 10.7. The Morgan fingerprint density at radius 1 is 1.56 bits per heavy atom. The van der Waals surface area contributed by atoms with E-state index in [4.69, 9.17) is 15.4 Å². The summed E-state index contributed by atoms with van der Waals surface area (Å²) < 4.78 is 27.4.